The summed E-state index contributed by atoms with van der Waals surface area (Å²) in [5.41, 5.74) is 6.55. The van der Waals surface area contributed by atoms with Crippen molar-refractivity contribution in [2.24, 2.45) is 5.73 Å². The lowest BCUT2D eigenvalue weighted by molar-refractivity contribution is -0.122. The second-order valence-electron chi connectivity index (χ2n) is 4.03. The molecule has 1 atom stereocenters. The van der Waals surface area contributed by atoms with Gasteiger partial charge in [0, 0.05) is 17.1 Å². The van der Waals surface area contributed by atoms with Gasteiger partial charge in [-0.25, -0.2) is 0 Å². The summed E-state index contributed by atoms with van der Waals surface area (Å²) < 4.78 is 5.21. The molecule has 1 amide bonds. The van der Waals surface area contributed by atoms with E-state index in [0.29, 0.717) is 23.7 Å². The van der Waals surface area contributed by atoms with Crippen molar-refractivity contribution in [3.05, 3.63) is 28.8 Å². The van der Waals surface area contributed by atoms with Crippen LogP contribution in [0.15, 0.2) is 18.2 Å². The van der Waals surface area contributed by atoms with Crippen LogP contribution in [0.3, 0.4) is 0 Å². The van der Waals surface area contributed by atoms with Gasteiger partial charge in [0.2, 0.25) is 5.91 Å². The number of amides is 1. The van der Waals surface area contributed by atoms with E-state index in [-0.39, 0.29) is 5.91 Å². The zero-order valence-electron chi connectivity index (χ0n) is 11.1. The van der Waals surface area contributed by atoms with Crippen LogP contribution in [0.1, 0.15) is 12.0 Å². The largest absolute Gasteiger partial charge is 0.496 e. The highest BCUT2D eigenvalue weighted by atomic mass is 35.5. The van der Waals surface area contributed by atoms with Crippen molar-refractivity contribution in [3.63, 3.8) is 0 Å². The summed E-state index contributed by atoms with van der Waals surface area (Å²) in [5, 5.41) is 3.35. The van der Waals surface area contributed by atoms with Crippen molar-refractivity contribution in [2.45, 2.75) is 19.0 Å². The Kier molecular flexibility index (Phi) is 7.05. The van der Waals surface area contributed by atoms with Crippen molar-refractivity contribution in [3.8, 4) is 5.75 Å². The van der Waals surface area contributed by atoms with Crippen LogP contribution >= 0.6 is 23.4 Å². The number of ether oxygens (including phenoxy) is 1. The zero-order chi connectivity index (χ0) is 14.3. The molecular formula is C13H19ClN2O2S. The number of hydrogen-bond donors (Lipinski definition) is 2. The zero-order valence-corrected chi connectivity index (χ0v) is 12.7. The number of benzene rings is 1. The Labute approximate surface area is 123 Å². The van der Waals surface area contributed by atoms with Gasteiger partial charge >= 0.3 is 0 Å². The fourth-order valence-corrected chi connectivity index (χ4v) is 2.31. The van der Waals surface area contributed by atoms with Crippen molar-refractivity contribution < 1.29 is 9.53 Å². The molecule has 106 valence electrons. The minimum atomic E-state index is -0.485. The molecular weight excluding hydrogens is 284 g/mol. The highest BCUT2D eigenvalue weighted by Crippen LogP contribution is 2.25. The molecule has 0 radical (unpaired) electrons. The van der Waals surface area contributed by atoms with Crippen LogP contribution in [-0.4, -0.2) is 31.1 Å². The molecule has 1 aromatic carbocycles. The Bertz CT molecular complexity index is 429. The van der Waals surface area contributed by atoms with Gasteiger partial charge in [0.25, 0.3) is 0 Å². The molecule has 3 N–H and O–H groups in total. The predicted octanol–water partition coefficient (Wildman–Crippen LogP) is 2.05. The first-order valence-electron chi connectivity index (χ1n) is 5.93. The molecule has 4 nitrogen and oxygen atoms in total. The molecule has 0 aliphatic heterocycles. The molecule has 0 aliphatic carbocycles. The van der Waals surface area contributed by atoms with Crippen molar-refractivity contribution in [2.75, 3.05) is 19.1 Å². The van der Waals surface area contributed by atoms with E-state index >= 15 is 0 Å². The molecule has 0 aliphatic rings. The van der Waals surface area contributed by atoms with E-state index in [1.54, 1.807) is 37.1 Å². The molecule has 6 heteroatoms. The van der Waals surface area contributed by atoms with E-state index < -0.39 is 6.04 Å². The van der Waals surface area contributed by atoms with Gasteiger partial charge in [0.05, 0.1) is 13.2 Å². The summed E-state index contributed by atoms with van der Waals surface area (Å²) in [6, 6.07) is 4.89. The molecule has 0 heterocycles. The first kappa shape index (κ1) is 16.1. The van der Waals surface area contributed by atoms with Crippen LogP contribution in [-0.2, 0) is 11.3 Å². The number of nitrogens with one attached hydrogen (secondary N) is 1. The lowest BCUT2D eigenvalue weighted by Crippen LogP contribution is -2.40. The smallest absolute Gasteiger partial charge is 0.237 e. The number of nitrogens with two attached hydrogens (primary N) is 1. The van der Waals surface area contributed by atoms with E-state index in [9.17, 15) is 4.79 Å². The SMILES string of the molecule is COc1cccc(Cl)c1CNC(=O)[C@@H](N)CCSC. The average Bonchev–Trinajstić information content (AvgIpc) is 2.42. The topological polar surface area (TPSA) is 64.3 Å². The number of halogens is 1. The molecule has 1 aromatic rings. The average molecular weight is 303 g/mol. The van der Waals surface area contributed by atoms with Gasteiger partial charge in [0.1, 0.15) is 5.75 Å². The van der Waals surface area contributed by atoms with Gasteiger partial charge in [-0.15, -0.1) is 0 Å². The molecule has 0 spiro atoms. The lowest BCUT2D eigenvalue weighted by Gasteiger charge is -2.14. The van der Waals surface area contributed by atoms with Crippen molar-refractivity contribution in [1.82, 2.24) is 5.32 Å². The highest BCUT2D eigenvalue weighted by Gasteiger charge is 2.14. The standard InChI is InChI=1S/C13H19ClN2O2S/c1-18-12-5-3-4-10(14)9(12)8-16-13(17)11(15)6-7-19-2/h3-5,11H,6-8,15H2,1-2H3,(H,16,17)/t11-/m0/s1. The van der Waals surface area contributed by atoms with Gasteiger partial charge in [-0.05, 0) is 30.6 Å². The Hall–Kier alpha value is -0.910. The Morgan fingerprint density at radius 1 is 1.58 bits per heavy atom. The Morgan fingerprint density at radius 2 is 2.32 bits per heavy atom. The van der Waals surface area contributed by atoms with Crippen molar-refractivity contribution >= 4 is 29.3 Å². The number of thioether (sulfide) groups is 1. The summed E-state index contributed by atoms with van der Waals surface area (Å²) in [6.45, 7) is 0.314. The first-order valence-corrected chi connectivity index (χ1v) is 7.71. The molecule has 0 saturated carbocycles. The minimum absolute atomic E-state index is 0.170. The second kappa shape index (κ2) is 8.30. The summed E-state index contributed by atoms with van der Waals surface area (Å²) in [4.78, 5) is 11.8. The molecule has 0 fully saturated rings. The summed E-state index contributed by atoms with van der Waals surface area (Å²) >= 11 is 7.76. The van der Waals surface area contributed by atoms with Crippen LogP contribution in [0.2, 0.25) is 5.02 Å². The Balaban J connectivity index is 2.59. The normalized spacial score (nSPS) is 12.0. The maximum absolute atomic E-state index is 11.8. The van der Waals surface area contributed by atoms with Gasteiger partial charge in [0.15, 0.2) is 0 Å². The summed E-state index contributed by atoms with van der Waals surface area (Å²) in [5.74, 6) is 1.35. The maximum Gasteiger partial charge on any atom is 0.237 e. The molecule has 0 bridgehead atoms. The molecule has 1 rings (SSSR count). The molecule has 19 heavy (non-hydrogen) atoms. The third kappa shape index (κ3) is 4.93. The van der Waals surface area contributed by atoms with Gasteiger partial charge in [-0.3, -0.25) is 4.79 Å². The van der Waals surface area contributed by atoms with Crippen LogP contribution in [0, 0.1) is 0 Å². The van der Waals surface area contributed by atoms with Gasteiger partial charge in [-0.2, -0.15) is 11.8 Å². The summed E-state index contributed by atoms with van der Waals surface area (Å²) in [7, 11) is 1.57. The van der Waals surface area contributed by atoms with E-state index in [1.165, 1.54) is 0 Å². The number of hydrogen-bond acceptors (Lipinski definition) is 4. The quantitative estimate of drug-likeness (QED) is 0.809. The number of methoxy groups -OCH3 is 1. The highest BCUT2D eigenvalue weighted by molar-refractivity contribution is 7.98. The summed E-state index contributed by atoms with van der Waals surface area (Å²) in [6.07, 6.45) is 2.64. The van der Waals surface area contributed by atoms with E-state index in [4.69, 9.17) is 22.1 Å². The third-order valence-corrected chi connectivity index (χ3v) is 3.70. The van der Waals surface area contributed by atoms with E-state index in [1.807, 2.05) is 6.26 Å². The fraction of sp³-hybridized carbons (Fsp3) is 0.462. The van der Waals surface area contributed by atoms with Gasteiger partial charge < -0.3 is 15.8 Å². The lowest BCUT2D eigenvalue weighted by atomic mass is 10.2. The fourth-order valence-electron chi connectivity index (χ4n) is 1.58. The molecule has 0 saturated heterocycles. The monoisotopic (exact) mass is 302 g/mol. The Morgan fingerprint density at radius 3 is 2.95 bits per heavy atom. The van der Waals surface area contributed by atoms with Crippen LogP contribution in [0.5, 0.6) is 5.75 Å². The maximum atomic E-state index is 11.8. The number of carbonyl (C=O) groups is 1. The molecule has 0 aromatic heterocycles. The van der Waals surface area contributed by atoms with Crippen LogP contribution in [0.25, 0.3) is 0 Å². The van der Waals surface area contributed by atoms with Crippen molar-refractivity contribution in [1.29, 1.82) is 0 Å². The number of carbonyl (C=O) groups excluding carboxylic acids is 1. The first-order chi connectivity index (χ1) is 9.10. The van der Waals surface area contributed by atoms with Crippen LogP contribution in [0.4, 0.5) is 0 Å². The molecule has 0 unspecified atom stereocenters. The predicted molar refractivity (Wildman–Crippen MR) is 80.8 cm³/mol. The minimum Gasteiger partial charge on any atom is -0.496 e. The number of rotatable bonds is 7. The van der Waals surface area contributed by atoms with Crippen LogP contribution < -0.4 is 15.8 Å². The van der Waals surface area contributed by atoms with Gasteiger partial charge in [-0.1, -0.05) is 17.7 Å². The third-order valence-electron chi connectivity index (χ3n) is 2.70. The van der Waals surface area contributed by atoms with E-state index in [0.717, 1.165) is 11.3 Å². The van der Waals surface area contributed by atoms with E-state index in [2.05, 4.69) is 5.32 Å². The second-order valence-corrected chi connectivity index (χ2v) is 5.42.